The van der Waals surface area contributed by atoms with Gasteiger partial charge in [0.1, 0.15) is 6.61 Å². The summed E-state index contributed by atoms with van der Waals surface area (Å²) in [5.74, 6) is 0.255. The molecule has 5 nitrogen and oxygen atoms in total. The number of likely N-dealkylation sites (tertiary alicyclic amines) is 1. The van der Waals surface area contributed by atoms with E-state index in [4.69, 9.17) is 27.9 Å². The molecule has 94 valence electrons. The molecule has 1 aromatic rings. The molecule has 2 heterocycles. The summed E-state index contributed by atoms with van der Waals surface area (Å²) in [5, 5.41) is 7.36. The van der Waals surface area contributed by atoms with Gasteiger partial charge in [0.25, 0.3) is 5.88 Å². The van der Waals surface area contributed by atoms with Crippen LogP contribution in [0.2, 0.25) is 10.4 Å². The van der Waals surface area contributed by atoms with E-state index < -0.39 is 0 Å². The van der Waals surface area contributed by atoms with Crippen molar-refractivity contribution in [3.05, 3.63) is 10.4 Å². The first kappa shape index (κ1) is 12.8. The molecule has 1 saturated heterocycles. The second-order valence-corrected chi connectivity index (χ2v) is 4.81. The van der Waals surface area contributed by atoms with Crippen molar-refractivity contribution >= 4 is 23.2 Å². The Labute approximate surface area is 110 Å². The maximum Gasteiger partial charge on any atom is 0.256 e. The predicted octanol–water partition coefficient (Wildman–Crippen LogP) is 2.04. The van der Waals surface area contributed by atoms with Crippen LogP contribution in [0.25, 0.3) is 0 Å². The largest absolute Gasteiger partial charge is 0.474 e. The van der Waals surface area contributed by atoms with E-state index in [-0.39, 0.29) is 16.3 Å². The molecule has 0 amide bonds. The molecule has 1 aromatic heterocycles. The maximum atomic E-state index is 5.82. The molecule has 0 spiro atoms. The maximum absolute atomic E-state index is 5.82. The molecule has 1 aliphatic rings. The second-order valence-electron chi connectivity index (χ2n) is 4.12. The molecular formula is C10H14Cl2N4O. The molecule has 2 rings (SSSR count). The lowest BCUT2D eigenvalue weighted by molar-refractivity contribution is 0.122. The van der Waals surface area contributed by atoms with Crippen LogP contribution in [-0.4, -0.2) is 46.3 Å². The van der Waals surface area contributed by atoms with E-state index in [1.807, 2.05) is 0 Å². The monoisotopic (exact) mass is 276 g/mol. The zero-order chi connectivity index (χ0) is 12.3. The number of rotatable bonds is 3. The van der Waals surface area contributed by atoms with Gasteiger partial charge in [-0.2, -0.15) is 4.98 Å². The Morgan fingerprint density at radius 3 is 2.94 bits per heavy atom. The van der Waals surface area contributed by atoms with Gasteiger partial charge in [-0.25, -0.2) is 0 Å². The summed E-state index contributed by atoms with van der Waals surface area (Å²) in [6, 6.07) is 0.397. The van der Waals surface area contributed by atoms with Gasteiger partial charge in [-0.05, 0) is 38.0 Å². The number of piperidine rings is 1. The fraction of sp³-hybridized carbons (Fsp3) is 0.700. The minimum atomic E-state index is 0.0430. The van der Waals surface area contributed by atoms with Gasteiger partial charge >= 0.3 is 0 Å². The molecule has 7 heteroatoms. The van der Waals surface area contributed by atoms with Gasteiger partial charge in [0.2, 0.25) is 10.4 Å². The average molecular weight is 277 g/mol. The molecule has 0 bridgehead atoms. The topological polar surface area (TPSA) is 51.1 Å². The Kier molecular flexibility index (Phi) is 4.36. The van der Waals surface area contributed by atoms with Gasteiger partial charge in [-0.1, -0.05) is 18.0 Å². The Bertz CT molecular complexity index is 391. The molecule has 17 heavy (non-hydrogen) atoms. The van der Waals surface area contributed by atoms with Crippen LogP contribution in [0.3, 0.4) is 0 Å². The first-order chi connectivity index (χ1) is 8.16. The second kappa shape index (κ2) is 5.80. The Morgan fingerprint density at radius 2 is 2.18 bits per heavy atom. The third-order valence-corrected chi connectivity index (χ3v) is 3.32. The van der Waals surface area contributed by atoms with E-state index in [9.17, 15) is 0 Å². The summed E-state index contributed by atoms with van der Waals surface area (Å²) in [5.41, 5.74) is 0. The average Bonchev–Trinajstić information content (AvgIpc) is 2.32. The smallest absolute Gasteiger partial charge is 0.256 e. The minimum absolute atomic E-state index is 0.0430. The fourth-order valence-corrected chi connectivity index (χ4v) is 2.15. The van der Waals surface area contributed by atoms with Gasteiger partial charge in [0.15, 0.2) is 0 Å². The zero-order valence-corrected chi connectivity index (χ0v) is 11.1. The van der Waals surface area contributed by atoms with E-state index in [1.54, 1.807) is 0 Å². The standard InChI is InChI=1S/C10H14Cl2N4O/c1-16-5-3-2-4-7(16)6-17-9-8(11)14-15-10(12)13-9/h7H,2-6H2,1H3. The Morgan fingerprint density at radius 1 is 1.35 bits per heavy atom. The quantitative estimate of drug-likeness (QED) is 0.846. The highest BCUT2D eigenvalue weighted by Crippen LogP contribution is 2.21. The van der Waals surface area contributed by atoms with Crippen molar-refractivity contribution in [3.8, 4) is 5.88 Å². The van der Waals surface area contributed by atoms with Crippen molar-refractivity contribution in [2.24, 2.45) is 0 Å². The SMILES string of the molecule is CN1CCCCC1COc1nc(Cl)nnc1Cl. The summed E-state index contributed by atoms with van der Waals surface area (Å²) in [4.78, 5) is 6.19. The number of hydrogen-bond acceptors (Lipinski definition) is 5. The van der Waals surface area contributed by atoms with Gasteiger partial charge in [0.05, 0.1) is 0 Å². The zero-order valence-electron chi connectivity index (χ0n) is 9.57. The van der Waals surface area contributed by atoms with Crippen LogP contribution in [0.1, 0.15) is 19.3 Å². The number of aromatic nitrogens is 3. The Hall–Kier alpha value is -0.650. The van der Waals surface area contributed by atoms with Crippen LogP contribution < -0.4 is 4.74 Å². The van der Waals surface area contributed by atoms with Gasteiger partial charge < -0.3 is 9.64 Å². The van der Waals surface area contributed by atoms with Crippen molar-refractivity contribution in [1.82, 2.24) is 20.1 Å². The highest BCUT2D eigenvalue weighted by atomic mass is 35.5. The Balaban J connectivity index is 1.94. The van der Waals surface area contributed by atoms with Crippen LogP contribution in [0.5, 0.6) is 5.88 Å². The first-order valence-electron chi connectivity index (χ1n) is 5.55. The number of likely N-dealkylation sites (N-methyl/N-ethyl adjacent to an activating group) is 1. The first-order valence-corrected chi connectivity index (χ1v) is 6.31. The van der Waals surface area contributed by atoms with E-state index in [0.29, 0.717) is 12.6 Å². The number of ether oxygens (including phenoxy) is 1. The molecular weight excluding hydrogens is 263 g/mol. The third-order valence-electron chi connectivity index (χ3n) is 2.92. The van der Waals surface area contributed by atoms with Crippen LogP contribution in [-0.2, 0) is 0 Å². The van der Waals surface area contributed by atoms with Gasteiger partial charge in [-0.15, -0.1) is 10.2 Å². The number of hydrogen-bond donors (Lipinski definition) is 0. The van der Waals surface area contributed by atoms with Crippen molar-refractivity contribution in [1.29, 1.82) is 0 Å². The normalized spacial score (nSPS) is 21.5. The van der Waals surface area contributed by atoms with Crippen molar-refractivity contribution in [3.63, 3.8) is 0 Å². The number of nitrogens with zero attached hydrogens (tertiary/aromatic N) is 4. The summed E-state index contributed by atoms with van der Waals surface area (Å²) >= 11 is 11.5. The van der Waals surface area contributed by atoms with E-state index in [1.165, 1.54) is 12.8 Å². The molecule has 0 aliphatic carbocycles. The van der Waals surface area contributed by atoms with Gasteiger partial charge in [-0.3, -0.25) is 0 Å². The van der Waals surface area contributed by atoms with Crippen molar-refractivity contribution < 1.29 is 4.74 Å². The molecule has 1 aliphatic heterocycles. The third kappa shape index (κ3) is 3.40. The lowest BCUT2D eigenvalue weighted by atomic mass is 10.0. The molecule has 1 fully saturated rings. The van der Waals surface area contributed by atoms with Crippen LogP contribution >= 0.6 is 23.2 Å². The lowest BCUT2D eigenvalue weighted by Crippen LogP contribution is -2.40. The van der Waals surface area contributed by atoms with E-state index in [2.05, 4.69) is 27.1 Å². The fourth-order valence-electron chi connectivity index (χ4n) is 1.90. The van der Waals surface area contributed by atoms with Crippen molar-refractivity contribution in [2.75, 3.05) is 20.2 Å². The van der Waals surface area contributed by atoms with E-state index in [0.717, 1.165) is 13.0 Å². The molecule has 1 unspecified atom stereocenters. The highest BCUT2D eigenvalue weighted by molar-refractivity contribution is 6.31. The molecule has 1 atom stereocenters. The number of halogens is 2. The highest BCUT2D eigenvalue weighted by Gasteiger charge is 2.20. The summed E-state index contributed by atoms with van der Waals surface area (Å²) in [6.07, 6.45) is 3.60. The van der Waals surface area contributed by atoms with E-state index >= 15 is 0 Å². The lowest BCUT2D eigenvalue weighted by Gasteiger charge is -2.31. The predicted molar refractivity (Wildman–Crippen MR) is 65.6 cm³/mol. The minimum Gasteiger partial charge on any atom is -0.474 e. The summed E-state index contributed by atoms with van der Waals surface area (Å²) < 4.78 is 5.56. The molecule has 0 saturated carbocycles. The summed E-state index contributed by atoms with van der Waals surface area (Å²) in [6.45, 7) is 1.65. The van der Waals surface area contributed by atoms with Crippen LogP contribution in [0, 0.1) is 0 Å². The molecule has 0 N–H and O–H groups in total. The van der Waals surface area contributed by atoms with Crippen LogP contribution in [0.4, 0.5) is 0 Å². The van der Waals surface area contributed by atoms with Gasteiger partial charge in [0, 0.05) is 6.04 Å². The summed E-state index contributed by atoms with van der Waals surface area (Å²) in [7, 11) is 2.10. The molecule has 0 aromatic carbocycles. The molecule has 0 radical (unpaired) electrons. The van der Waals surface area contributed by atoms with Crippen molar-refractivity contribution in [2.45, 2.75) is 25.3 Å². The van der Waals surface area contributed by atoms with Crippen LogP contribution in [0.15, 0.2) is 0 Å².